The van der Waals surface area contributed by atoms with Crippen LogP contribution in [0.2, 0.25) is 0 Å². The van der Waals surface area contributed by atoms with Crippen LogP contribution in [-0.4, -0.2) is 31.7 Å². The van der Waals surface area contributed by atoms with Crippen LogP contribution in [0.25, 0.3) is 0 Å². The molecule has 8 rings (SSSR count). The van der Waals surface area contributed by atoms with Crippen LogP contribution in [0, 0.1) is 37.9 Å². The van der Waals surface area contributed by atoms with Gasteiger partial charge in [0.05, 0.1) is 32.6 Å². The fourth-order valence-corrected chi connectivity index (χ4v) is 13.0. The second kappa shape index (κ2) is 5.08. The van der Waals surface area contributed by atoms with Crippen LogP contribution in [-0.2, 0) is 0 Å². The molecule has 6 saturated carbocycles. The second-order valence-corrected chi connectivity index (χ2v) is 16.3. The molecule has 1 saturated heterocycles. The molecule has 1 aliphatic heterocycles. The molecule has 31 heavy (non-hydrogen) atoms. The average molecular weight is 419 g/mol. The largest absolute Gasteiger partial charge is 0.327 e. The van der Waals surface area contributed by atoms with E-state index in [-0.39, 0.29) is 0 Å². The van der Waals surface area contributed by atoms with Crippen LogP contribution >= 0.6 is 0 Å². The van der Waals surface area contributed by atoms with Gasteiger partial charge in [-0.2, -0.15) is 0 Å². The van der Waals surface area contributed by atoms with Crippen molar-refractivity contribution >= 4 is 0 Å². The smallest absolute Gasteiger partial charge is 0.0894 e. The van der Waals surface area contributed by atoms with Gasteiger partial charge in [0.15, 0.2) is 0 Å². The van der Waals surface area contributed by atoms with Gasteiger partial charge in [0, 0.05) is 5.41 Å². The number of quaternary nitrogens is 1. The second-order valence-electron chi connectivity index (χ2n) is 16.3. The molecule has 0 atom stereocenters. The summed E-state index contributed by atoms with van der Waals surface area (Å²) in [6.45, 7) is 2.92. The molecule has 0 aromatic heterocycles. The van der Waals surface area contributed by atoms with E-state index in [0.29, 0.717) is 10.8 Å². The van der Waals surface area contributed by atoms with Crippen molar-refractivity contribution in [3.05, 3.63) is 24.3 Å². The van der Waals surface area contributed by atoms with Crippen molar-refractivity contribution in [1.29, 1.82) is 0 Å². The Hall–Kier alpha value is -0.560. The van der Waals surface area contributed by atoms with Crippen LogP contribution in [0.4, 0.5) is 0 Å². The van der Waals surface area contributed by atoms with Crippen molar-refractivity contribution in [2.45, 2.75) is 96.3 Å². The summed E-state index contributed by atoms with van der Waals surface area (Å²) in [5, 5.41) is 0. The van der Waals surface area contributed by atoms with Gasteiger partial charge in [0.25, 0.3) is 0 Å². The fourth-order valence-electron chi connectivity index (χ4n) is 13.0. The van der Waals surface area contributed by atoms with Gasteiger partial charge in [-0.15, -0.1) is 0 Å². The highest BCUT2D eigenvalue weighted by Gasteiger charge is 2.73. The topological polar surface area (TPSA) is 0 Å². The van der Waals surface area contributed by atoms with Gasteiger partial charge in [0.1, 0.15) is 0 Å². The van der Waals surface area contributed by atoms with Gasteiger partial charge in [-0.1, -0.05) is 30.7 Å². The molecule has 0 amide bonds. The predicted molar refractivity (Wildman–Crippen MR) is 126 cm³/mol. The fraction of sp³-hybridized carbons (Fsp3) is 0.867. The molecule has 168 valence electrons. The van der Waals surface area contributed by atoms with E-state index in [4.69, 9.17) is 0 Å². The monoisotopic (exact) mass is 418 g/mol. The van der Waals surface area contributed by atoms with E-state index < -0.39 is 0 Å². The average Bonchev–Trinajstić information content (AvgIpc) is 2.44. The first-order valence-electron chi connectivity index (χ1n) is 13.8. The first-order valence-corrected chi connectivity index (χ1v) is 13.8. The van der Waals surface area contributed by atoms with Crippen molar-refractivity contribution in [2.24, 2.45) is 37.9 Å². The van der Waals surface area contributed by atoms with Gasteiger partial charge < -0.3 is 4.48 Å². The number of nitrogens with zero attached hydrogens (tertiary/aromatic N) is 1. The van der Waals surface area contributed by atoms with Crippen LogP contribution in [0.3, 0.4) is 0 Å². The predicted octanol–water partition coefficient (Wildman–Crippen LogP) is 7.04. The minimum atomic E-state index is 0.452. The van der Waals surface area contributed by atoms with Crippen LogP contribution in [0.5, 0.6) is 0 Å². The van der Waals surface area contributed by atoms with Gasteiger partial charge in [0.2, 0.25) is 0 Å². The zero-order valence-electron chi connectivity index (χ0n) is 20.3. The lowest BCUT2D eigenvalue weighted by Crippen LogP contribution is -2.75. The number of hydrogen-bond acceptors (Lipinski definition) is 0. The first-order chi connectivity index (χ1) is 14.6. The molecule has 0 unspecified atom stereocenters. The normalized spacial score (nSPS) is 41.2. The maximum Gasteiger partial charge on any atom is 0.0894 e. The van der Waals surface area contributed by atoms with Gasteiger partial charge in [-0.25, -0.2) is 0 Å². The van der Waals surface area contributed by atoms with E-state index in [1.807, 2.05) is 0 Å². The Morgan fingerprint density at radius 3 is 1.45 bits per heavy atom. The molecule has 0 aromatic rings. The lowest BCUT2D eigenvalue weighted by atomic mass is 9.30. The SMILES string of the molecule is C[N+]1(C)CC2(CC3(CC4(CC5(C=CCC6(C/C=C/5)CC5(C6)CC6(CCC6)C5)C4)C3)C2)C1. The summed E-state index contributed by atoms with van der Waals surface area (Å²) in [5.74, 6) is 0. The number of likely N-dealkylation sites (tertiary alicyclic amines) is 1. The third-order valence-electron chi connectivity index (χ3n) is 12.4. The highest BCUT2D eigenvalue weighted by molar-refractivity contribution is 5.30. The van der Waals surface area contributed by atoms with Gasteiger partial charge in [-0.3, -0.25) is 0 Å². The summed E-state index contributed by atoms with van der Waals surface area (Å²) >= 11 is 0. The van der Waals surface area contributed by atoms with Crippen LogP contribution in [0.15, 0.2) is 24.3 Å². The molecule has 1 heterocycles. The van der Waals surface area contributed by atoms with Crippen LogP contribution in [0.1, 0.15) is 96.3 Å². The van der Waals surface area contributed by atoms with Crippen molar-refractivity contribution in [3.63, 3.8) is 0 Å². The van der Waals surface area contributed by atoms with E-state index in [1.165, 1.54) is 49.7 Å². The highest BCUT2D eigenvalue weighted by Crippen LogP contribution is 2.80. The van der Waals surface area contributed by atoms with E-state index in [9.17, 15) is 0 Å². The van der Waals surface area contributed by atoms with E-state index in [1.54, 1.807) is 64.2 Å². The Bertz CT molecular complexity index is 843. The standard InChI is InChI=1S/C30H44N/c1-31(2)22-30(23-31)20-29(21-30)18-28(19-29)16-26(17-28)10-4-8-25(9-5-11-26)14-27(15-25)12-24(13-27)6-3-7-24/h4-5,10-11H,3,6-9,12-23H2,1-2H3/q+1/b10-4+,11-5?. The van der Waals surface area contributed by atoms with E-state index in [0.717, 1.165) is 27.1 Å². The minimum absolute atomic E-state index is 0.452. The Morgan fingerprint density at radius 2 is 0.968 bits per heavy atom. The zero-order chi connectivity index (χ0) is 20.8. The summed E-state index contributed by atoms with van der Waals surface area (Å²) in [4.78, 5) is 0. The molecule has 7 fully saturated rings. The van der Waals surface area contributed by atoms with E-state index in [2.05, 4.69) is 38.4 Å². The molecule has 7 spiro atoms. The van der Waals surface area contributed by atoms with Crippen LogP contribution < -0.4 is 0 Å². The minimum Gasteiger partial charge on any atom is -0.327 e. The molecule has 0 aromatic carbocycles. The van der Waals surface area contributed by atoms with Crippen molar-refractivity contribution < 1.29 is 4.48 Å². The molecule has 1 heteroatoms. The molecule has 8 aliphatic rings. The Labute approximate surface area is 190 Å². The van der Waals surface area contributed by atoms with Crippen molar-refractivity contribution in [1.82, 2.24) is 0 Å². The van der Waals surface area contributed by atoms with E-state index >= 15 is 0 Å². The lowest BCUT2D eigenvalue weighted by molar-refractivity contribution is -0.955. The molecule has 1 nitrogen and oxygen atoms in total. The summed E-state index contributed by atoms with van der Waals surface area (Å²) in [5.41, 5.74) is 5.07. The Balaban J connectivity index is 0.864. The quantitative estimate of drug-likeness (QED) is 0.292. The third-order valence-corrected chi connectivity index (χ3v) is 12.4. The van der Waals surface area contributed by atoms with Gasteiger partial charge in [-0.05, 0) is 117 Å². The summed E-state index contributed by atoms with van der Waals surface area (Å²) in [7, 11) is 4.85. The molecule has 0 radical (unpaired) electrons. The van der Waals surface area contributed by atoms with Gasteiger partial charge >= 0.3 is 0 Å². The summed E-state index contributed by atoms with van der Waals surface area (Å²) in [6.07, 6.45) is 33.6. The highest BCUT2D eigenvalue weighted by atomic mass is 15.4. The van der Waals surface area contributed by atoms with Crippen molar-refractivity contribution in [2.75, 3.05) is 27.2 Å². The Kier molecular flexibility index (Phi) is 3.09. The molecule has 7 aliphatic carbocycles. The lowest BCUT2D eigenvalue weighted by Gasteiger charge is -2.76. The number of hydrogen-bond donors (Lipinski definition) is 0. The third kappa shape index (κ3) is 2.43. The maximum absolute atomic E-state index is 2.69. The molecular weight excluding hydrogens is 374 g/mol. The zero-order valence-corrected chi connectivity index (χ0v) is 20.3. The maximum atomic E-state index is 2.69. The Morgan fingerprint density at radius 1 is 0.516 bits per heavy atom. The number of rotatable bonds is 0. The molecule has 0 bridgehead atoms. The summed E-state index contributed by atoms with van der Waals surface area (Å²) in [6, 6.07) is 0. The number of allylic oxidation sites excluding steroid dienone is 4. The summed E-state index contributed by atoms with van der Waals surface area (Å²) < 4.78 is 1.28. The van der Waals surface area contributed by atoms with Crippen molar-refractivity contribution in [3.8, 4) is 0 Å². The molecular formula is C30H44N+. The molecule has 0 N–H and O–H groups in total. The first kappa shape index (κ1) is 18.8.